The Hall–Kier alpha value is 0.460. The molecule has 2 N–H and O–H groups in total. The summed E-state index contributed by atoms with van der Waals surface area (Å²) in [6.07, 6.45) is 12.9. The topological polar surface area (TPSA) is 41.5 Å². The van der Waals surface area contributed by atoms with E-state index in [4.69, 9.17) is 27.9 Å². The number of hydrogen-bond donors (Lipinski definition) is 2. The number of ether oxygens (including phenoxy) is 1. The summed E-state index contributed by atoms with van der Waals surface area (Å²) >= 11 is 13.1. The minimum Gasteiger partial charge on any atom is -0.391 e. The number of methoxy groups -OCH3 is 1. The number of piperidine rings is 1. The first kappa shape index (κ1) is 21.7. The van der Waals surface area contributed by atoms with E-state index in [1.165, 1.54) is 38.5 Å². The maximum Gasteiger partial charge on any atom is 0.0737 e. The molecule has 8 atom stereocenters. The molecule has 4 fully saturated rings. The van der Waals surface area contributed by atoms with Gasteiger partial charge in [-0.2, -0.15) is 0 Å². The Morgan fingerprint density at radius 2 is 1.68 bits per heavy atom. The van der Waals surface area contributed by atoms with E-state index in [9.17, 15) is 5.11 Å². The number of hydrogen-bond acceptors (Lipinski definition) is 3. The highest BCUT2D eigenvalue weighted by atomic mass is 35.5. The Bertz CT molecular complexity index is 493. The van der Waals surface area contributed by atoms with Crippen molar-refractivity contribution < 1.29 is 9.84 Å². The molecule has 1 heterocycles. The number of aliphatic hydroxyl groups excluding tert-OH is 1. The van der Waals surface area contributed by atoms with Gasteiger partial charge in [-0.1, -0.05) is 6.42 Å². The minimum atomic E-state index is -0.232. The fraction of sp³-hybridized carbons (Fsp3) is 1.00. The summed E-state index contributed by atoms with van der Waals surface area (Å²) in [6, 6.07) is 0.270. The molecule has 0 radical (unpaired) electrons. The number of halogens is 2. The molecule has 5 heteroatoms. The van der Waals surface area contributed by atoms with Gasteiger partial charge >= 0.3 is 0 Å². The largest absolute Gasteiger partial charge is 0.391 e. The third kappa shape index (κ3) is 4.69. The van der Waals surface area contributed by atoms with E-state index in [1.807, 2.05) is 0 Å². The lowest BCUT2D eigenvalue weighted by Gasteiger charge is -2.52. The van der Waals surface area contributed by atoms with Crippen LogP contribution in [0.4, 0.5) is 0 Å². The summed E-state index contributed by atoms with van der Waals surface area (Å²) in [5.41, 5.74) is 0. The third-order valence-corrected chi connectivity index (χ3v) is 9.54. The minimum absolute atomic E-state index is 0.120. The van der Waals surface area contributed by atoms with Crippen LogP contribution in [0.5, 0.6) is 0 Å². The van der Waals surface area contributed by atoms with Crippen molar-refractivity contribution in [1.82, 2.24) is 5.32 Å². The lowest BCUT2D eigenvalue weighted by Crippen LogP contribution is -2.54. The molecule has 4 aliphatic rings. The zero-order valence-corrected chi connectivity index (χ0v) is 18.9. The van der Waals surface area contributed by atoms with Gasteiger partial charge in [0.25, 0.3) is 0 Å². The summed E-state index contributed by atoms with van der Waals surface area (Å²) in [7, 11) is 1.80. The van der Waals surface area contributed by atoms with Gasteiger partial charge in [-0.15, -0.1) is 23.2 Å². The molecule has 8 unspecified atom stereocenters. The molecule has 1 aliphatic heterocycles. The first-order valence-electron chi connectivity index (χ1n) is 11.8. The zero-order valence-electron chi connectivity index (χ0n) is 17.4. The van der Waals surface area contributed by atoms with Gasteiger partial charge in [0.05, 0.1) is 17.6 Å². The summed E-state index contributed by atoms with van der Waals surface area (Å²) in [6.45, 7) is 1.05. The van der Waals surface area contributed by atoms with Gasteiger partial charge in [0.1, 0.15) is 0 Å². The quantitative estimate of drug-likeness (QED) is 0.617. The molecule has 4 rings (SSSR count). The van der Waals surface area contributed by atoms with Gasteiger partial charge in [-0.3, -0.25) is 0 Å². The Labute approximate surface area is 181 Å². The van der Waals surface area contributed by atoms with Crippen LogP contribution >= 0.6 is 23.2 Å². The Morgan fingerprint density at radius 3 is 2.36 bits per heavy atom. The standard InChI is InChI=1S/C23H39Cl2NO2/c1-28-22-13-18-16(12-20(22)25)10-15(14-5-7-17(24)8-6-14)11-19(18)23(27)21-4-2-3-9-26-21/h14-23,26-27H,2-13H2,1H3. The summed E-state index contributed by atoms with van der Waals surface area (Å²) in [4.78, 5) is 0. The van der Waals surface area contributed by atoms with E-state index >= 15 is 0 Å². The molecule has 162 valence electrons. The number of alkyl halides is 2. The summed E-state index contributed by atoms with van der Waals surface area (Å²) in [5.74, 6) is 3.11. The highest BCUT2D eigenvalue weighted by Crippen LogP contribution is 2.52. The van der Waals surface area contributed by atoms with Gasteiger partial charge in [0.15, 0.2) is 0 Å². The monoisotopic (exact) mass is 431 g/mol. The molecule has 0 bridgehead atoms. The maximum atomic E-state index is 11.5. The van der Waals surface area contributed by atoms with Crippen LogP contribution in [0.15, 0.2) is 0 Å². The van der Waals surface area contributed by atoms with Crippen molar-refractivity contribution >= 4 is 23.2 Å². The van der Waals surface area contributed by atoms with Gasteiger partial charge in [-0.05, 0) is 100 Å². The van der Waals surface area contributed by atoms with Gasteiger partial charge in [0, 0.05) is 18.5 Å². The van der Waals surface area contributed by atoms with Crippen LogP contribution in [-0.4, -0.2) is 47.8 Å². The van der Waals surface area contributed by atoms with Crippen molar-refractivity contribution in [3.8, 4) is 0 Å². The average Bonchev–Trinajstić information content (AvgIpc) is 2.73. The highest BCUT2D eigenvalue weighted by molar-refractivity contribution is 6.21. The molecule has 0 aromatic carbocycles. The summed E-state index contributed by atoms with van der Waals surface area (Å²) in [5, 5.41) is 15.6. The molecule has 3 aliphatic carbocycles. The van der Waals surface area contributed by atoms with Gasteiger partial charge in [0.2, 0.25) is 0 Å². The number of rotatable bonds is 4. The van der Waals surface area contributed by atoms with E-state index in [-0.39, 0.29) is 23.6 Å². The van der Waals surface area contributed by atoms with E-state index in [0.717, 1.165) is 50.5 Å². The number of fused-ring (bicyclic) bond motifs is 1. The van der Waals surface area contributed by atoms with Crippen LogP contribution in [0.3, 0.4) is 0 Å². The smallest absolute Gasteiger partial charge is 0.0737 e. The van der Waals surface area contributed by atoms with Crippen molar-refractivity contribution in [2.45, 2.75) is 99.6 Å². The average molecular weight is 432 g/mol. The van der Waals surface area contributed by atoms with Crippen molar-refractivity contribution in [3.63, 3.8) is 0 Å². The lowest BCUT2D eigenvalue weighted by atomic mass is 9.56. The molecule has 0 aromatic heterocycles. The number of nitrogens with one attached hydrogen (secondary N) is 1. The zero-order chi connectivity index (χ0) is 19.7. The molecule has 28 heavy (non-hydrogen) atoms. The Morgan fingerprint density at radius 1 is 0.893 bits per heavy atom. The van der Waals surface area contributed by atoms with E-state index in [1.54, 1.807) is 7.11 Å². The predicted molar refractivity (Wildman–Crippen MR) is 116 cm³/mol. The fourth-order valence-corrected chi connectivity index (χ4v) is 7.76. The maximum absolute atomic E-state index is 11.5. The normalized spacial score (nSPS) is 48.6. The first-order chi connectivity index (χ1) is 13.6. The predicted octanol–water partition coefficient (Wildman–Crippen LogP) is 4.96. The SMILES string of the molecule is COC1CC2C(CC1Cl)CC(C1CCC(Cl)CC1)CC2C(O)C1CCCCN1. The van der Waals surface area contributed by atoms with Crippen LogP contribution in [0.25, 0.3) is 0 Å². The van der Waals surface area contributed by atoms with Crippen molar-refractivity contribution in [2.24, 2.45) is 29.6 Å². The lowest BCUT2D eigenvalue weighted by molar-refractivity contribution is -0.0758. The van der Waals surface area contributed by atoms with Crippen LogP contribution in [0.2, 0.25) is 0 Å². The fourth-order valence-electron chi connectivity index (χ4n) is 7.07. The second kappa shape index (κ2) is 9.73. The second-order valence-electron chi connectivity index (χ2n) is 10.1. The summed E-state index contributed by atoms with van der Waals surface area (Å²) < 4.78 is 5.74. The van der Waals surface area contributed by atoms with Crippen LogP contribution in [0, 0.1) is 29.6 Å². The molecular formula is C23H39Cl2NO2. The van der Waals surface area contributed by atoms with Crippen LogP contribution in [0.1, 0.15) is 70.6 Å². The van der Waals surface area contributed by atoms with Gasteiger partial charge < -0.3 is 15.2 Å². The third-order valence-electron chi connectivity index (χ3n) is 8.64. The molecule has 3 saturated carbocycles. The molecule has 0 amide bonds. The highest BCUT2D eigenvalue weighted by Gasteiger charge is 2.49. The van der Waals surface area contributed by atoms with Crippen molar-refractivity contribution in [1.29, 1.82) is 0 Å². The van der Waals surface area contributed by atoms with E-state index < -0.39 is 0 Å². The van der Waals surface area contributed by atoms with Crippen LogP contribution < -0.4 is 5.32 Å². The van der Waals surface area contributed by atoms with Crippen molar-refractivity contribution in [2.75, 3.05) is 13.7 Å². The number of aliphatic hydroxyl groups is 1. The van der Waals surface area contributed by atoms with Crippen LogP contribution in [-0.2, 0) is 4.74 Å². The Balaban J connectivity index is 1.51. The molecular weight excluding hydrogens is 393 g/mol. The molecule has 0 spiro atoms. The van der Waals surface area contributed by atoms with E-state index in [2.05, 4.69) is 5.32 Å². The first-order valence-corrected chi connectivity index (χ1v) is 12.7. The van der Waals surface area contributed by atoms with E-state index in [0.29, 0.717) is 23.1 Å². The molecule has 0 aromatic rings. The molecule has 1 saturated heterocycles. The second-order valence-corrected chi connectivity index (χ2v) is 11.3. The van der Waals surface area contributed by atoms with Crippen molar-refractivity contribution in [3.05, 3.63) is 0 Å². The van der Waals surface area contributed by atoms with Gasteiger partial charge in [-0.25, -0.2) is 0 Å². The Kier molecular flexibility index (Phi) is 7.53. The molecule has 3 nitrogen and oxygen atoms in total.